The van der Waals surface area contributed by atoms with Crippen LogP contribution in [-0.2, 0) is 13.6 Å². The summed E-state index contributed by atoms with van der Waals surface area (Å²) in [5.41, 5.74) is 0.106. The van der Waals surface area contributed by atoms with Crippen molar-refractivity contribution in [2.75, 3.05) is 5.32 Å². The van der Waals surface area contributed by atoms with Crippen LogP contribution in [0.5, 0.6) is 0 Å². The fourth-order valence-electron chi connectivity index (χ4n) is 1.40. The molecule has 0 unspecified atom stereocenters. The number of anilines is 2. The molecule has 0 radical (unpaired) electrons. The molecule has 7 heteroatoms. The molecular formula is C10H12ClN5O. The molecule has 2 aromatic rings. The van der Waals surface area contributed by atoms with Crippen molar-refractivity contribution in [3.05, 3.63) is 33.8 Å². The van der Waals surface area contributed by atoms with Gasteiger partial charge in [0.2, 0.25) is 0 Å². The molecule has 0 saturated carbocycles. The molecule has 2 aromatic heterocycles. The Balaban J connectivity index is 2.32. The monoisotopic (exact) mass is 253 g/mol. The van der Waals surface area contributed by atoms with Crippen molar-refractivity contribution < 1.29 is 0 Å². The Labute approximate surface area is 103 Å². The molecule has 0 bridgehead atoms. The SMILES string of the molecule is CCn1ccc(Nc2cc(Cl)nn(C)c2=O)n1. The van der Waals surface area contributed by atoms with Gasteiger partial charge in [-0.15, -0.1) is 0 Å². The van der Waals surface area contributed by atoms with Gasteiger partial charge >= 0.3 is 0 Å². The highest BCUT2D eigenvalue weighted by atomic mass is 35.5. The van der Waals surface area contributed by atoms with E-state index < -0.39 is 0 Å². The molecule has 2 heterocycles. The fourth-order valence-corrected chi connectivity index (χ4v) is 1.63. The third kappa shape index (κ3) is 2.47. The fraction of sp³-hybridized carbons (Fsp3) is 0.300. The van der Waals surface area contributed by atoms with Crippen molar-refractivity contribution in [1.29, 1.82) is 0 Å². The summed E-state index contributed by atoms with van der Waals surface area (Å²) in [7, 11) is 1.55. The molecule has 0 aromatic carbocycles. The van der Waals surface area contributed by atoms with Gasteiger partial charge in [-0.2, -0.15) is 10.2 Å². The second-order valence-electron chi connectivity index (χ2n) is 3.49. The van der Waals surface area contributed by atoms with Crippen LogP contribution < -0.4 is 10.9 Å². The van der Waals surface area contributed by atoms with Crippen LogP contribution in [0.1, 0.15) is 6.92 Å². The van der Waals surface area contributed by atoms with Crippen LogP contribution in [0.4, 0.5) is 11.5 Å². The molecule has 6 nitrogen and oxygen atoms in total. The molecular weight excluding hydrogens is 242 g/mol. The zero-order valence-corrected chi connectivity index (χ0v) is 10.3. The zero-order valence-electron chi connectivity index (χ0n) is 9.51. The molecule has 0 fully saturated rings. The Kier molecular flexibility index (Phi) is 3.14. The van der Waals surface area contributed by atoms with Crippen LogP contribution in [0.15, 0.2) is 23.1 Å². The summed E-state index contributed by atoms with van der Waals surface area (Å²) in [6, 6.07) is 3.27. The maximum atomic E-state index is 11.7. The second-order valence-corrected chi connectivity index (χ2v) is 3.88. The first-order valence-corrected chi connectivity index (χ1v) is 5.52. The van der Waals surface area contributed by atoms with Crippen LogP contribution in [0, 0.1) is 0 Å². The third-order valence-corrected chi connectivity index (χ3v) is 2.45. The van der Waals surface area contributed by atoms with Gasteiger partial charge in [0, 0.05) is 31.9 Å². The minimum Gasteiger partial charge on any atom is -0.334 e. The maximum Gasteiger partial charge on any atom is 0.290 e. The minimum absolute atomic E-state index is 0.250. The summed E-state index contributed by atoms with van der Waals surface area (Å²) in [5, 5.41) is 11.2. The van der Waals surface area contributed by atoms with E-state index in [4.69, 9.17) is 11.6 Å². The number of rotatable bonds is 3. The van der Waals surface area contributed by atoms with Crippen LogP contribution in [0.25, 0.3) is 0 Å². The predicted molar refractivity (Wildman–Crippen MR) is 65.7 cm³/mol. The van der Waals surface area contributed by atoms with Gasteiger partial charge in [-0.3, -0.25) is 9.48 Å². The van der Waals surface area contributed by atoms with Crippen LogP contribution in [0.2, 0.25) is 5.15 Å². The van der Waals surface area contributed by atoms with Gasteiger partial charge in [0.1, 0.15) is 5.69 Å². The third-order valence-electron chi connectivity index (χ3n) is 2.26. The first kappa shape index (κ1) is 11.7. The molecule has 0 aliphatic rings. The lowest BCUT2D eigenvalue weighted by atomic mass is 10.4. The number of nitrogens with one attached hydrogen (secondary N) is 1. The molecule has 1 N–H and O–H groups in total. The van der Waals surface area contributed by atoms with Crippen molar-refractivity contribution >= 4 is 23.1 Å². The van der Waals surface area contributed by atoms with Gasteiger partial charge in [0.05, 0.1) is 0 Å². The van der Waals surface area contributed by atoms with E-state index >= 15 is 0 Å². The average molecular weight is 254 g/mol. The van der Waals surface area contributed by atoms with E-state index in [2.05, 4.69) is 15.5 Å². The van der Waals surface area contributed by atoms with E-state index in [1.165, 1.54) is 10.7 Å². The lowest BCUT2D eigenvalue weighted by Crippen LogP contribution is -2.22. The van der Waals surface area contributed by atoms with E-state index in [0.717, 1.165) is 6.54 Å². The average Bonchev–Trinajstić information content (AvgIpc) is 2.73. The number of aryl methyl sites for hydroxylation is 2. The Bertz CT molecular complexity index is 589. The summed E-state index contributed by atoms with van der Waals surface area (Å²) >= 11 is 5.78. The quantitative estimate of drug-likeness (QED) is 0.898. The molecule has 0 atom stereocenters. The van der Waals surface area contributed by atoms with Crippen LogP contribution in [-0.4, -0.2) is 19.6 Å². The van der Waals surface area contributed by atoms with Gasteiger partial charge in [0.15, 0.2) is 11.0 Å². The summed E-state index contributed by atoms with van der Waals surface area (Å²) in [4.78, 5) is 11.7. The van der Waals surface area contributed by atoms with Crippen molar-refractivity contribution in [1.82, 2.24) is 19.6 Å². The first-order chi connectivity index (χ1) is 8.10. The minimum atomic E-state index is -0.250. The number of aromatic nitrogens is 4. The zero-order chi connectivity index (χ0) is 12.4. The van der Waals surface area contributed by atoms with Crippen molar-refractivity contribution in [2.24, 2.45) is 7.05 Å². The van der Waals surface area contributed by atoms with Gasteiger partial charge in [0.25, 0.3) is 5.56 Å². The van der Waals surface area contributed by atoms with Gasteiger partial charge in [-0.25, -0.2) is 4.68 Å². The Morgan fingerprint density at radius 2 is 2.24 bits per heavy atom. The Hall–Kier alpha value is -1.82. The van der Waals surface area contributed by atoms with Crippen molar-refractivity contribution in [3.8, 4) is 0 Å². The largest absolute Gasteiger partial charge is 0.334 e. The van der Waals surface area contributed by atoms with Gasteiger partial charge in [-0.05, 0) is 6.92 Å². The second kappa shape index (κ2) is 4.58. The summed E-state index contributed by atoms with van der Waals surface area (Å²) in [6.07, 6.45) is 1.83. The number of nitrogens with zero attached hydrogens (tertiary/aromatic N) is 4. The maximum absolute atomic E-state index is 11.7. The van der Waals surface area contributed by atoms with E-state index in [0.29, 0.717) is 11.5 Å². The number of hydrogen-bond donors (Lipinski definition) is 1. The highest BCUT2D eigenvalue weighted by Crippen LogP contribution is 2.13. The molecule has 0 aliphatic carbocycles. The van der Waals surface area contributed by atoms with Crippen LogP contribution >= 0.6 is 11.6 Å². The number of halogens is 1. The van der Waals surface area contributed by atoms with E-state index in [1.807, 2.05) is 13.1 Å². The Morgan fingerprint density at radius 3 is 2.88 bits per heavy atom. The predicted octanol–water partition coefficient (Wildman–Crippen LogP) is 1.39. The van der Waals surface area contributed by atoms with Crippen molar-refractivity contribution in [3.63, 3.8) is 0 Å². The van der Waals surface area contributed by atoms with Gasteiger partial charge in [-0.1, -0.05) is 11.6 Å². The highest BCUT2D eigenvalue weighted by Gasteiger charge is 2.06. The first-order valence-electron chi connectivity index (χ1n) is 5.14. The van der Waals surface area contributed by atoms with Crippen LogP contribution in [0.3, 0.4) is 0 Å². The summed E-state index contributed by atoms with van der Waals surface area (Å²) in [5.74, 6) is 0.603. The Morgan fingerprint density at radius 1 is 1.47 bits per heavy atom. The molecule has 0 spiro atoms. The van der Waals surface area contributed by atoms with Gasteiger partial charge < -0.3 is 5.32 Å². The molecule has 0 amide bonds. The summed E-state index contributed by atoms with van der Waals surface area (Å²) in [6.45, 7) is 2.76. The number of hydrogen-bond acceptors (Lipinski definition) is 4. The lowest BCUT2D eigenvalue weighted by molar-refractivity contribution is 0.662. The standard InChI is InChI=1S/C10H12ClN5O/c1-3-16-5-4-9(14-16)12-7-6-8(11)13-15(2)10(7)17/h4-6H,3H2,1-2H3,(H,12,14). The molecule has 90 valence electrons. The topological polar surface area (TPSA) is 64.7 Å². The summed E-state index contributed by atoms with van der Waals surface area (Å²) < 4.78 is 2.94. The highest BCUT2D eigenvalue weighted by molar-refractivity contribution is 6.29. The molecule has 2 rings (SSSR count). The molecule has 17 heavy (non-hydrogen) atoms. The molecule has 0 aliphatic heterocycles. The van der Waals surface area contributed by atoms with Crippen molar-refractivity contribution in [2.45, 2.75) is 13.5 Å². The van der Waals surface area contributed by atoms with E-state index in [9.17, 15) is 4.79 Å². The molecule has 0 saturated heterocycles. The normalized spacial score (nSPS) is 10.5. The lowest BCUT2D eigenvalue weighted by Gasteiger charge is -2.04. The van der Waals surface area contributed by atoms with E-state index in [1.54, 1.807) is 17.8 Å². The van der Waals surface area contributed by atoms with E-state index in [-0.39, 0.29) is 10.7 Å². The smallest absolute Gasteiger partial charge is 0.290 e.